The zero-order valence-electron chi connectivity index (χ0n) is 15.5. The minimum atomic E-state index is -0.913. The molecule has 2 aromatic carbocycles. The van der Waals surface area contributed by atoms with Crippen LogP contribution in [0, 0.1) is 5.82 Å². The molecule has 1 aliphatic rings. The van der Waals surface area contributed by atoms with E-state index in [0.29, 0.717) is 43.2 Å². The molecule has 0 aromatic heterocycles. The molecule has 1 fully saturated rings. The molecule has 28 heavy (non-hydrogen) atoms. The van der Waals surface area contributed by atoms with Crippen LogP contribution in [-0.2, 0) is 11.3 Å². The van der Waals surface area contributed by atoms with Gasteiger partial charge in [-0.05, 0) is 48.7 Å². The van der Waals surface area contributed by atoms with Crippen molar-refractivity contribution in [2.24, 2.45) is 0 Å². The van der Waals surface area contributed by atoms with E-state index in [2.05, 4.69) is 5.32 Å². The topological polar surface area (TPSA) is 61.8 Å². The highest BCUT2D eigenvalue weighted by molar-refractivity contribution is 6.30. The van der Waals surface area contributed by atoms with Crippen LogP contribution in [0.1, 0.15) is 18.4 Å². The van der Waals surface area contributed by atoms with E-state index in [1.165, 1.54) is 12.1 Å². The number of nitrogens with one attached hydrogen (secondary N) is 1. The molecular weight excluding hydrogens is 383 g/mol. The molecule has 1 amide bonds. The normalized spacial score (nSPS) is 16.5. The van der Waals surface area contributed by atoms with Crippen molar-refractivity contribution in [1.82, 2.24) is 10.2 Å². The molecule has 0 saturated carbocycles. The fourth-order valence-corrected chi connectivity index (χ4v) is 3.29. The number of carbonyl (C=O) groups is 1. The van der Waals surface area contributed by atoms with Crippen molar-refractivity contribution in [2.45, 2.75) is 25.0 Å². The summed E-state index contributed by atoms with van der Waals surface area (Å²) in [5.74, 6) is 0.240. The van der Waals surface area contributed by atoms with Gasteiger partial charge in [-0.2, -0.15) is 0 Å². The summed E-state index contributed by atoms with van der Waals surface area (Å²) in [6.07, 6.45) is 1.05. The van der Waals surface area contributed by atoms with Crippen LogP contribution >= 0.6 is 11.6 Å². The minimum absolute atomic E-state index is 0.0926. The molecule has 0 radical (unpaired) electrons. The molecule has 0 bridgehead atoms. The number of nitrogens with zero attached hydrogens (tertiary/aromatic N) is 1. The van der Waals surface area contributed by atoms with Gasteiger partial charge < -0.3 is 15.2 Å². The number of ether oxygens (including phenoxy) is 1. The standard InChI is InChI=1S/C21H24ClFN2O3/c22-17-2-1-3-19(12-17)28-15-21(27)8-10-25(11-9-21)14-20(26)24-13-16-4-6-18(23)7-5-16/h1-7,12,27H,8-11,13-15H2,(H,24,26). The number of halogens is 2. The lowest BCUT2D eigenvalue weighted by Crippen LogP contribution is -2.50. The van der Waals surface area contributed by atoms with Crippen LogP contribution in [0.25, 0.3) is 0 Å². The molecular formula is C21H24ClFN2O3. The second kappa shape index (κ2) is 9.37. The van der Waals surface area contributed by atoms with Gasteiger partial charge in [-0.25, -0.2) is 4.39 Å². The zero-order valence-corrected chi connectivity index (χ0v) is 16.3. The predicted octanol–water partition coefficient (Wildman–Crippen LogP) is 3.00. The van der Waals surface area contributed by atoms with Crippen LogP contribution in [0.3, 0.4) is 0 Å². The summed E-state index contributed by atoms with van der Waals surface area (Å²) < 4.78 is 18.6. The number of hydrogen-bond donors (Lipinski definition) is 2. The zero-order chi connectivity index (χ0) is 20.0. The average Bonchev–Trinajstić information content (AvgIpc) is 2.68. The summed E-state index contributed by atoms with van der Waals surface area (Å²) in [6, 6.07) is 13.1. The molecule has 0 aliphatic carbocycles. The lowest BCUT2D eigenvalue weighted by atomic mass is 9.92. The van der Waals surface area contributed by atoms with E-state index in [1.54, 1.807) is 36.4 Å². The predicted molar refractivity (Wildman–Crippen MR) is 106 cm³/mol. The van der Waals surface area contributed by atoms with Crippen molar-refractivity contribution in [3.63, 3.8) is 0 Å². The summed E-state index contributed by atoms with van der Waals surface area (Å²) >= 11 is 5.94. The maximum absolute atomic E-state index is 12.9. The van der Waals surface area contributed by atoms with Gasteiger partial charge in [-0.3, -0.25) is 9.69 Å². The molecule has 1 saturated heterocycles. The van der Waals surface area contributed by atoms with Crippen molar-refractivity contribution >= 4 is 17.5 Å². The van der Waals surface area contributed by atoms with E-state index in [-0.39, 0.29) is 24.9 Å². The van der Waals surface area contributed by atoms with Crippen molar-refractivity contribution in [1.29, 1.82) is 0 Å². The van der Waals surface area contributed by atoms with Gasteiger partial charge in [-0.15, -0.1) is 0 Å². The third-order valence-electron chi connectivity index (χ3n) is 4.86. The summed E-state index contributed by atoms with van der Waals surface area (Å²) in [4.78, 5) is 14.1. The fraction of sp³-hybridized carbons (Fsp3) is 0.381. The van der Waals surface area contributed by atoms with E-state index in [4.69, 9.17) is 16.3 Å². The quantitative estimate of drug-likeness (QED) is 0.742. The molecule has 1 aliphatic heterocycles. The number of hydrogen-bond acceptors (Lipinski definition) is 4. The Morgan fingerprint density at radius 1 is 1.21 bits per heavy atom. The smallest absolute Gasteiger partial charge is 0.234 e. The highest BCUT2D eigenvalue weighted by Crippen LogP contribution is 2.24. The Morgan fingerprint density at radius 3 is 2.61 bits per heavy atom. The lowest BCUT2D eigenvalue weighted by Gasteiger charge is -2.37. The van der Waals surface area contributed by atoms with E-state index >= 15 is 0 Å². The lowest BCUT2D eigenvalue weighted by molar-refractivity contribution is -0.124. The average molecular weight is 407 g/mol. The molecule has 5 nitrogen and oxygen atoms in total. The molecule has 0 unspecified atom stereocenters. The first-order chi connectivity index (χ1) is 13.4. The van der Waals surface area contributed by atoms with Gasteiger partial charge in [0.25, 0.3) is 0 Å². The third kappa shape index (κ3) is 6.19. The van der Waals surface area contributed by atoms with E-state index in [1.807, 2.05) is 4.90 Å². The molecule has 7 heteroatoms. The Labute approximate surface area is 169 Å². The van der Waals surface area contributed by atoms with Crippen LogP contribution in [0.2, 0.25) is 5.02 Å². The van der Waals surface area contributed by atoms with Gasteiger partial charge in [0.1, 0.15) is 23.8 Å². The van der Waals surface area contributed by atoms with Gasteiger partial charge in [0.15, 0.2) is 0 Å². The van der Waals surface area contributed by atoms with Crippen LogP contribution in [-0.4, -0.2) is 47.8 Å². The Morgan fingerprint density at radius 2 is 1.93 bits per heavy atom. The Kier molecular flexibility index (Phi) is 6.88. The molecule has 1 heterocycles. The fourth-order valence-electron chi connectivity index (χ4n) is 3.11. The van der Waals surface area contributed by atoms with Crippen molar-refractivity contribution < 1.29 is 19.0 Å². The van der Waals surface area contributed by atoms with Crippen molar-refractivity contribution in [3.8, 4) is 5.75 Å². The number of carbonyl (C=O) groups excluding carboxylic acids is 1. The largest absolute Gasteiger partial charge is 0.491 e. The van der Waals surface area contributed by atoms with Gasteiger partial charge in [0, 0.05) is 24.7 Å². The SMILES string of the molecule is O=C(CN1CCC(O)(COc2cccc(Cl)c2)CC1)NCc1ccc(F)cc1. The number of amides is 1. The van der Waals surface area contributed by atoms with Crippen LogP contribution in [0.5, 0.6) is 5.75 Å². The van der Waals surface area contributed by atoms with Crippen LogP contribution in [0.15, 0.2) is 48.5 Å². The third-order valence-corrected chi connectivity index (χ3v) is 5.10. The Balaban J connectivity index is 1.39. The first kappa shape index (κ1) is 20.6. The summed E-state index contributed by atoms with van der Waals surface area (Å²) in [7, 11) is 0. The molecule has 2 aromatic rings. The summed E-state index contributed by atoms with van der Waals surface area (Å²) in [6.45, 7) is 2.05. The van der Waals surface area contributed by atoms with E-state index < -0.39 is 5.60 Å². The van der Waals surface area contributed by atoms with Gasteiger partial charge in [0.2, 0.25) is 5.91 Å². The minimum Gasteiger partial charge on any atom is -0.491 e. The van der Waals surface area contributed by atoms with Gasteiger partial charge >= 0.3 is 0 Å². The summed E-state index contributed by atoms with van der Waals surface area (Å²) in [5.41, 5.74) is -0.0652. The highest BCUT2D eigenvalue weighted by Gasteiger charge is 2.33. The van der Waals surface area contributed by atoms with Crippen molar-refractivity contribution in [3.05, 3.63) is 64.9 Å². The Bertz CT molecular complexity index is 792. The molecule has 0 atom stereocenters. The first-order valence-corrected chi connectivity index (χ1v) is 9.64. The number of piperidine rings is 1. The van der Waals surface area contributed by atoms with E-state index in [0.717, 1.165) is 5.56 Å². The molecule has 150 valence electrons. The second-order valence-corrected chi connectivity index (χ2v) is 7.59. The molecule has 3 rings (SSSR count). The van der Waals surface area contributed by atoms with Gasteiger partial charge in [-0.1, -0.05) is 29.8 Å². The van der Waals surface area contributed by atoms with Crippen molar-refractivity contribution in [2.75, 3.05) is 26.2 Å². The first-order valence-electron chi connectivity index (χ1n) is 9.26. The number of benzene rings is 2. The highest BCUT2D eigenvalue weighted by atomic mass is 35.5. The summed E-state index contributed by atoms with van der Waals surface area (Å²) in [5, 5.41) is 14.1. The van der Waals surface area contributed by atoms with Crippen LogP contribution < -0.4 is 10.1 Å². The van der Waals surface area contributed by atoms with Crippen LogP contribution in [0.4, 0.5) is 4.39 Å². The maximum Gasteiger partial charge on any atom is 0.234 e. The number of aliphatic hydroxyl groups is 1. The monoisotopic (exact) mass is 406 g/mol. The molecule has 2 N–H and O–H groups in total. The number of likely N-dealkylation sites (tertiary alicyclic amines) is 1. The maximum atomic E-state index is 12.9. The second-order valence-electron chi connectivity index (χ2n) is 7.15. The van der Waals surface area contributed by atoms with Gasteiger partial charge in [0.05, 0.1) is 6.54 Å². The van der Waals surface area contributed by atoms with E-state index in [9.17, 15) is 14.3 Å². The molecule has 0 spiro atoms. The Hall–Kier alpha value is -2.15. The number of rotatable bonds is 7.